The number of carbonyl (C=O) groups is 1. The number of carbonyl (C=O) groups excluding carboxylic acids is 1. The van der Waals surface area contributed by atoms with Gasteiger partial charge in [0.05, 0.1) is 12.5 Å². The van der Waals surface area contributed by atoms with Crippen molar-refractivity contribution >= 4 is 11.7 Å². The van der Waals surface area contributed by atoms with Crippen LogP contribution in [0.4, 0.5) is 23.7 Å². The van der Waals surface area contributed by atoms with Crippen molar-refractivity contribution in [3.63, 3.8) is 0 Å². The molecule has 2 aliphatic rings. The first-order valence-electron chi connectivity index (χ1n) is 9.26. The first-order valence-corrected chi connectivity index (χ1v) is 9.26. The van der Waals surface area contributed by atoms with Gasteiger partial charge in [-0.25, -0.2) is 4.79 Å². The fourth-order valence-corrected chi connectivity index (χ4v) is 3.82. The van der Waals surface area contributed by atoms with E-state index in [0.29, 0.717) is 13.2 Å². The van der Waals surface area contributed by atoms with Crippen molar-refractivity contribution in [2.75, 3.05) is 18.5 Å². The van der Waals surface area contributed by atoms with Crippen LogP contribution in [0.5, 0.6) is 0 Å². The molecule has 26 heavy (non-hydrogen) atoms. The molecular formula is C19H25F3N2O2. The van der Waals surface area contributed by atoms with Crippen LogP contribution in [0.25, 0.3) is 0 Å². The van der Waals surface area contributed by atoms with Crippen molar-refractivity contribution < 1.29 is 22.7 Å². The number of hydrogen-bond acceptors (Lipinski definition) is 2. The van der Waals surface area contributed by atoms with Gasteiger partial charge in [0.15, 0.2) is 0 Å². The minimum Gasteiger partial charge on any atom is -0.376 e. The summed E-state index contributed by atoms with van der Waals surface area (Å²) in [5.74, 6) is 0. The average molecular weight is 370 g/mol. The molecule has 1 heterocycles. The number of anilines is 1. The fourth-order valence-electron chi connectivity index (χ4n) is 3.82. The van der Waals surface area contributed by atoms with E-state index < -0.39 is 12.6 Å². The van der Waals surface area contributed by atoms with Crippen molar-refractivity contribution in [1.82, 2.24) is 4.90 Å². The lowest BCUT2D eigenvalue weighted by Crippen LogP contribution is -2.45. The van der Waals surface area contributed by atoms with Gasteiger partial charge < -0.3 is 15.0 Å². The van der Waals surface area contributed by atoms with Gasteiger partial charge in [-0.3, -0.25) is 0 Å². The van der Waals surface area contributed by atoms with Crippen LogP contribution < -0.4 is 5.32 Å². The van der Waals surface area contributed by atoms with Gasteiger partial charge in [0, 0.05) is 24.9 Å². The van der Waals surface area contributed by atoms with E-state index in [-0.39, 0.29) is 29.4 Å². The molecular weight excluding hydrogens is 345 g/mol. The van der Waals surface area contributed by atoms with Crippen LogP contribution in [0.15, 0.2) is 24.3 Å². The van der Waals surface area contributed by atoms with E-state index in [1.165, 1.54) is 12.1 Å². The predicted molar refractivity (Wildman–Crippen MR) is 93.2 cm³/mol. The Balaban J connectivity index is 1.72. The quantitative estimate of drug-likeness (QED) is 0.813. The largest absolute Gasteiger partial charge is 0.393 e. The van der Waals surface area contributed by atoms with Crippen molar-refractivity contribution in [3.8, 4) is 0 Å². The highest BCUT2D eigenvalue weighted by Gasteiger charge is 2.32. The Bertz CT molecular complexity index is 609. The van der Waals surface area contributed by atoms with E-state index >= 15 is 0 Å². The van der Waals surface area contributed by atoms with Gasteiger partial charge in [-0.1, -0.05) is 31.0 Å². The number of alkyl halides is 3. The first kappa shape index (κ1) is 19.0. The second-order valence-corrected chi connectivity index (χ2v) is 7.10. The lowest BCUT2D eigenvalue weighted by molar-refractivity contribution is -0.127. The third kappa shape index (κ3) is 5.13. The molecule has 0 bridgehead atoms. The molecule has 0 unspecified atom stereocenters. The number of halogens is 3. The zero-order valence-electron chi connectivity index (χ0n) is 14.7. The Morgan fingerprint density at radius 3 is 2.54 bits per heavy atom. The van der Waals surface area contributed by atoms with Crippen LogP contribution in [-0.2, 0) is 11.2 Å². The summed E-state index contributed by atoms with van der Waals surface area (Å²) < 4.78 is 44.0. The summed E-state index contributed by atoms with van der Waals surface area (Å²) in [6, 6.07) is 5.92. The van der Waals surface area contributed by atoms with Gasteiger partial charge in [-0.05, 0) is 37.3 Å². The summed E-state index contributed by atoms with van der Waals surface area (Å²) in [6.45, 7) is 1.21. The molecule has 4 nitrogen and oxygen atoms in total. The Hall–Kier alpha value is -1.76. The fraction of sp³-hybridized carbons (Fsp3) is 0.632. The summed E-state index contributed by atoms with van der Waals surface area (Å²) >= 11 is 0. The van der Waals surface area contributed by atoms with Crippen LogP contribution in [0.2, 0.25) is 0 Å². The highest BCUT2D eigenvalue weighted by atomic mass is 19.4. The van der Waals surface area contributed by atoms with Crippen molar-refractivity contribution in [1.29, 1.82) is 0 Å². The molecule has 1 aliphatic carbocycles. The Labute approximate surface area is 151 Å². The molecule has 2 amide bonds. The summed E-state index contributed by atoms with van der Waals surface area (Å²) in [4.78, 5) is 14.7. The number of benzene rings is 1. The van der Waals surface area contributed by atoms with Crippen molar-refractivity contribution in [3.05, 3.63) is 29.8 Å². The molecule has 2 fully saturated rings. The molecule has 1 saturated heterocycles. The number of ether oxygens (including phenoxy) is 1. The molecule has 7 heteroatoms. The predicted octanol–water partition coefficient (Wildman–Crippen LogP) is 4.75. The lowest BCUT2D eigenvalue weighted by atomic mass is 10.1. The maximum Gasteiger partial charge on any atom is 0.393 e. The first-order chi connectivity index (χ1) is 12.4. The molecule has 144 valence electrons. The molecule has 1 atom stereocenters. The van der Waals surface area contributed by atoms with E-state index in [4.69, 9.17) is 4.74 Å². The van der Waals surface area contributed by atoms with Crippen LogP contribution in [0, 0.1) is 0 Å². The molecule has 0 aromatic heterocycles. The number of nitrogens with one attached hydrogen (secondary N) is 1. The van der Waals surface area contributed by atoms with Crippen molar-refractivity contribution in [2.45, 2.75) is 63.3 Å². The Morgan fingerprint density at radius 2 is 1.88 bits per heavy atom. The molecule has 1 saturated carbocycles. The topological polar surface area (TPSA) is 41.6 Å². The standard InChI is InChI=1S/C19H25F3N2O2/c20-19(21,22)12-14-6-1-4-10-17(14)23-18(25)24(15-7-2-3-8-15)13-16-9-5-11-26-16/h1,4,6,10,15-16H,2-3,5,7-9,11-13H2,(H,23,25)/t16-/m0/s1. The zero-order chi connectivity index (χ0) is 18.6. The molecule has 1 aromatic carbocycles. The molecule has 0 spiro atoms. The number of amides is 2. The van der Waals surface area contributed by atoms with Crippen LogP contribution in [0.1, 0.15) is 44.1 Å². The minimum absolute atomic E-state index is 0.0202. The third-order valence-electron chi connectivity index (χ3n) is 5.10. The van der Waals surface area contributed by atoms with E-state index in [2.05, 4.69) is 5.32 Å². The van der Waals surface area contributed by atoms with Crippen LogP contribution in [-0.4, -0.2) is 42.4 Å². The normalized spacial score (nSPS) is 21.1. The van der Waals surface area contributed by atoms with Gasteiger partial charge in [0.2, 0.25) is 0 Å². The lowest BCUT2D eigenvalue weighted by Gasteiger charge is -2.31. The Kier molecular flexibility index (Phi) is 6.06. The molecule has 1 aliphatic heterocycles. The summed E-state index contributed by atoms with van der Waals surface area (Å²) in [6.07, 6.45) is 0.568. The molecule has 3 rings (SSSR count). The van der Waals surface area contributed by atoms with Gasteiger partial charge in [-0.15, -0.1) is 0 Å². The maximum absolute atomic E-state index is 12.9. The van der Waals surface area contributed by atoms with Crippen molar-refractivity contribution in [2.24, 2.45) is 0 Å². The summed E-state index contributed by atoms with van der Waals surface area (Å²) in [5, 5.41) is 2.72. The van der Waals surface area contributed by atoms with E-state index in [9.17, 15) is 18.0 Å². The number of urea groups is 1. The summed E-state index contributed by atoms with van der Waals surface area (Å²) in [7, 11) is 0. The van der Waals surface area contributed by atoms with E-state index in [1.807, 2.05) is 0 Å². The SMILES string of the molecule is O=C(Nc1ccccc1CC(F)(F)F)N(C[C@@H]1CCCO1)C1CCCC1. The minimum atomic E-state index is -4.32. The molecule has 0 radical (unpaired) electrons. The number of nitrogens with zero attached hydrogens (tertiary/aromatic N) is 1. The highest BCUT2D eigenvalue weighted by molar-refractivity contribution is 5.90. The van der Waals surface area contributed by atoms with Gasteiger partial charge in [-0.2, -0.15) is 13.2 Å². The number of hydrogen-bond donors (Lipinski definition) is 1. The van der Waals surface area contributed by atoms with Crippen LogP contribution >= 0.6 is 0 Å². The number of para-hydroxylation sites is 1. The van der Waals surface area contributed by atoms with E-state index in [0.717, 1.165) is 38.5 Å². The number of rotatable bonds is 5. The second kappa shape index (κ2) is 8.29. The van der Waals surface area contributed by atoms with Gasteiger partial charge in [0.25, 0.3) is 0 Å². The van der Waals surface area contributed by atoms with Gasteiger partial charge >= 0.3 is 12.2 Å². The third-order valence-corrected chi connectivity index (χ3v) is 5.10. The zero-order valence-corrected chi connectivity index (χ0v) is 14.7. The monoisotopic (exact) mass is 370 g/mol. The molecule has 1 N–H and O–H groups in total. The summed E-state index contributed by atoms with van der Waals surface area (Å²) in [5.41, 5.74) is 0.307. The van der Waals surface area contributed by atoms with E-state index in [1.54, 1.807) is 17.0 Å². The average Bonchev–Trinajstić information content (AvgIpc) is 3.26. The Morgan fingerprint density at radius 1 is 1.15 bits per heavy atom. The van der Waals surface area contributed by atoms with Crippen LogP contribution in [0.3, 0.4) is 0 Å². The maximum atomic E-state index is 12.9. The molecule has 1 aromatic rings. The smallest absolute Gasteiger partial charge is 0.376 e. The van der Waals surface area contributed by atoms with Gasteiger partial charge in [0.1, 0.15) is 0 Å². The highest BCUT2D eigenvalue weighted by Crippen LogP contribution is 2.29. The second-order valence-electron chi connectivity index (χ2n) is 7.10.